The summed E-state index contributed by atoms with van der Waals surface area (Å²) in [6.45, 7) is 4.83. The minimum Gasteiger partial charge on any atom is -0.339 e. The van der Waals surface area contributed by atoms with Gasteiger partial charge in [-0.15, -0.1) is 0 Å². The molecule has 0 spiro atoms. The summed E-state index contributed by atoms with van der Waals surface area (Å²) in [5.74, 6) is 2.11. The molecule has 1 aliphatic carbocycles. The van der Waals surface area contributed by atoms with E-state index in [1.54, 1.807) is 4.68 Å². The topological polar surface area (TPSA) is 77.1 Å². The van der Waals surface area contributed by atoms with Crippen LogP contribution in [-0.2, 0) is 11.8 Å². The molecule has 0 bridgehead atoms. The van der Waals surface area contributed by atoms with E-state index in [9.17, 15) is 4.79 Å². The van der Waals surface area contributed by atoms with Crippen LogP contribution in [0.3, 0.4) is 0 Å². The van der Waals surface area contributed by atoms with E-state index in [4.69, 9.17) is 4.52 Å². The maximum atomic E-state index is 12.9. The van der Waals surface area contributed by atoms with Gasteiger partial charge in [-0.3, -0.25) is 9.48 Å². The van der Waals surface area contributed by atoms with Crippen LogP contribution in [0.4, 0.5) is 0 Å². The van der Waals surface area contributed by atoms with Crippen molar-refractivity contribution in [3.63, 3.8) is 0 Å². The lowest BCUT2D eigenvalue weighted by molar-refractivity contribution is -0.133. The second-order valence-corrected chi connectivity index (χ2v) is 7.23. The number of rotatable bonds is 4. The Morgan fingerprint density at radius 1 is 1.42 bits per heavy atom. The molecule has 2 aliphatic rings. The normalized spacial score (nSPS) is 26.3. The molecule has 0 unspecified atom stereocenters. The molecular formula is C17H23N5O2. The standard InChI is InChI=1S/C17H23N5O2/c1-10(2)16-19-15(20-24-16)14-5-4-6-22(14)17(23)13-7-12(13)11-8-18-21(3)9-11/h8-10,12-14H,4-7H2,1-3H3/t12-,13+,14-/m0/s1. The van der Waals surface area contributed by atoms with Crippen molar-refractivity contribution >= 4 is 5.91 Å². The van der Waals surface area contributed by atoms with Crippen LogP contribution in [0.25, 0.3) is 0 Å². The van der Waals surface area contributed by atoms with Crippen molar-refractivity contribution in [2.24, 2.45) is 13.0 Å². The Labute approximate surface area is 141 Å². The summed E-state index contributed by atoms with van der Waals surface area (Å²) in [5, 5.41) is 8.33. The van der Waals surface area contributed by atoms with E-state index in [0.29, 0.717) is 17.6 Å². The average Bonchev–Trinajstić information content (AvgIpc) is 2.97. The van der Waals surface area contributed by atoms with Gasteiger partial charge in [0.2, 0.25) is 11.8 Å². The lowest BCUT2D eigenvalue weighted by Crippen LogP contribution is -2.32. The molecular weight excluding hydrogens is 306 g/mol. The zero-order valence-electron chi connectivity index (χ0n) is 14.3. The molecule has 1 saturated heterocycles. The molecule has 1 amide bonds. The Bertz CT molecular complexity index is 750. The lowest BCUT2D eigenvalue weighted by atomic mass is 10.1. The van der Waals surface area contributed by atoms with Crippen LogP contribution >= 0.6 is 0 Å². The van der Waals surface area contributed by atoms with E-state index in [1.807, 2.05) is 38.2 Å². The monoisotopic (exact) mass is 329 g/mol. The molecule has 128 valence electrons. The summed E-state index contributed by atoms with van der Waals surface area (Å²) in [6.07, 6.45) is 6.69. The third-order valence-corrected chi connectivity index (χ3v) is 5.05. The van der Waals surface area contributed by atoms with E-state index >= 15 is 0 Å². The van der Waals surface area contributed by atoms with Gasteiger partial charge >= 0.3 is 0 Å². The predicted octanol–water partition coefficient (Wildman–Crippen LogP) is 2.39. The molecule has 7 heteroatoms. The number of carbonyl (C=O) groups excluding carboxylic acids is 1. The fourth-order valence-electron chi connectivity index (χ4n) is 3.60. The number of likely N-dealkylation sites (tertiary alicyclic amines) is 1. The molecule has 3 heterocycles. The number of hydrogen-bond acceptors (Lipinski definition) is 5. The van der Waals surface area contributed by atoms with Crippen molar-refractivity contribution in [1.29, 1.82) is 0 Å². The van der Waals surface area contributed by atoms with Crippen LogP contribution in [0.1, 0.15) is 68.3 Å². The third kappa shape index (κ3) is 2.61. The summed E-state index contributed by atoms with van der Waals surface area (Å²) >= 11 is 0. The van der Waals surface area contributed by atoms with E-state index in [1.165, 1.54) is 0 Å². The SMILES string of the molecule is CC(C)c1nc([C@@H]2CCCN2C(=O)[C@@H]2C[C@H]2c2cnn(C)c2)no1. The molecule has 7 nitrogen and oxygen atoms in total. The lowest BCUT2D eigenvalue weighted by Gasteiger charge is -2.22. The number of carbonyl (C=O) groups is 1. The van der Waals surface area contributed by atoms with Gasteiger partial charge in [0.15, 0.2) is 5.82 Å². The molecule has 0 radical (unpaired) electrons. The Hall–Kier alpha value is -2.18. The van der Waals surface area contributed by atoms with Crippen molar-refractivity contribution in [2.75, 3.05) is 6.54 Å². The zero-order chi connectivity index (χ0) is 16.8. The van der Waals surface area contributed by atoms with Crippen molar-refractivity contribution < 1.29 is 9.32 Å². The second-order valence-electron chi connectivity index (χ2n) is 7.23. The van der Waals surface area contributed by atoms with Gasteiger partial charge in [0.25, 0.3) is 0 Å². The molecule has 4 rings (SSSR count). The molecule has 1 saturated carbocycles. The molecule has 3 atom stereocenters. The van der Waals surface area contributed by atoms with Crippen molar-refractivity contribution in [1.82, 2.24) is 24.8 Å². The fraction of sp³-hybridized carbons (Fsp3) is 0.647. The molecule has 0 aromatic carbocycles. The smallest absolute Gasteiger partial charge is 0.229 e. The maximum absolute atomic E-state index is 12.9. The van der Waals surface area contributed by atoms with Gasteiger partial charge in [-0.05, 0) is 30.7 Å². The van der Waals surface area contributed by atoms with Crippen molar-refractivity contribution in [3.8, 4) is 0 Å². The van der Waals surface area contributed by atoms with Gasteiger partial charge in [0.05, 0.1) is 12.2 Å². The van der Waals surface area contributed by atoms with E-state index in [0.717, 1.165) is 31.4 Å². The van der Waals surface area contributed by atoms with Crippen LogP contribution in [0.2, 0.25) is 0 Å². The zero-order valence-corrected chi connectivity index (χ0v) is 14.3. The maximum Gasteiger partial charge on any atom is 0.229 e. The number of aryl methyl sites for hydroxylation is 1. The molecule has 24 heavy (non-hydrogen) atoms. The van der Waals surface area contributed by atoms with Gasteiger partial charge < -0.3 is 9.42 Å². The van der Waals surface area contributed by atoms with E-state index in [-0.39, 0.29) is 23.8 Å². The summed E-state index contributed by atoms with van der Waals surface area (Å²) in [6, 6.07) is -0.0381. The molecule has 2 fully saturated rings. The third-order valence-electron chi connectivity index (χ3n) is 5.05. The highest BCUT2D eigenvalue weighted by atomic mass is 16.5. The highest BCUT2D eigenvalue weighted by Crippen LogP contribution is 2.49. The number of hydrogen-bond donors (Lipinski definition) is 0. The van der Waals surface area contributed by atoms with Crippen molar-refractivity contribution in [3.05, 3.63) is 29.7 Å². The molecule has 0 N–H and O–H groups in total. The van der Waals surface area contributed by atoms with Crippen LogP contribution in [0.15, 0.2) is 16.9 Å². The molecule has 1 aliphatic heterocycles. The minimum absolute atomic E-state index is 0.0381. The first-order valence-electron chi connectivity index (χ1n) is 8.67. The Morgan fingerprint density at radius 3 is 2.92 bits per heavy atom. The van der Waals surface area contributed by atoms with Gasteiger partial charge in [-0.2, -0.15) is 10.1 Å². The van der Waals surface area contributed by atoms with Gasteiger partial charge in [0.1, 0.15) is 0 Å². The minimum atomic E-state index is -0.0381. The summed E-state index contributed by atoms with van der Waals surface area (Å²) < 4.78 is 7.12. The Morgan fingerprint density at radius 2 is 2.25 bits per heavy atom. The number of amides is 1. The highest BCUT2D eigenvalue weighted by molar-refractivity contribution is 5.83. The van der Waals surface area contributed by atoms with Crippen molar-refractivity contribution in [2.45, 2.75) is 51.0 Å². The van der Waals surface area contributed by atoms with Gasteiger partial charge in [-0.25, -0.2) is 0 Å². The highest BCUT2D eigenvalue weighted by Gasteiger charge is 2.48. The van der Waals surface area contributed by atoms with Gasteiger partial charge in [0, 0.05) is 31.6 Å². The quantitative estimate of drug-likeness (QED) is 0.861. The predicted molar refractivity (Wildman–Crippen MR) is 86.1 cm³/mol. The average molecular weight is 329 g/mol. The summed E-state index contributed by atoms with van der Waals surface area (Å²) in [4.78, 5) is 19.4. The van der Waals surface area contributed by atoms with E-state index in [2.05, 4.69) is 15.2 Å². The van der Waals surface area contributed by atoms with Crippen LogP contribution in [0.5, 0.6) is 0 Å². The summed E-state index contributed by atoms with van der Waals surface area (Å²) in [7, 11) is 1.90. The second kappa shape index (κ2) is 5.72. The number of nitrogens with zero attached hydrogens (tertiary/aromatic N) is 5. The number of aromatic nitrogens is 4. The largest absolute Gasteiger partial charge is 0.339 e. The van der Waals surface area contributed by atoms with E-state index < -0.39 is 0 Å². The molecule has 2 aromatic heterocycles. The van der Waals surface area contributed by atoms with Crippen LogP contribution in [0, 0.1) is 5.92 Å². The van der Waals surface area contributed by atoms with Crippen LogP contribution in [-0.4, -0.2) is 37.3 Å². The summed E-state index contributed by atoms with van der Waals surface area (Å²) in [5.41, 5.74) is 1.16. The first-order chi connectivity index (χ1) is 11.5. The Balaban J connectivity index is 1.47. The molecule has 2 aromatic rings. The van der Waals surface area contributed by atoms with Gasteiger partial charge in [-0.1, -0.05) is 19.0 Å². The fourth-order valence-corrected chi connectivity index (χ4v) is 3.60. The first kappa shape index (κ1) is 15.4. The van der Waals surface area contributed by atoms with Crippen LogP contribution < -0.4 is 0 Å². The first-order valence-corrected chi connectivity index (χ1v) is 8.67. The Kier molecular flexibility index (Phi) is 3.66.